The van der Waals surface area contributed by atoms with Crippen LogP contribution in [0.1, 0.15) is 20.3 Å². The van der Waals surface area contributed by atoms with Crippen LogP contribution in [-0.4, -0.2) is 29.3 Å². The lowest BCUT2D eigenvalue weighted by molar-refractivity contribution is -0.128. The summed E-state index contributed by atoms with van der Waals surface area (Å²) in [5.41, 5.74) is 0. The van der Waals surface area contributed by atoms with Gasteiger partial charge < -0.3 is 4.90 Å². The van der Waals surface area contributed by atoms with Crippen molar-refractivity contribution < 1.29 is 4.79 Å². The molecule has 0 aromatic heterocycles. The van der Waals surface area contributed by atoms with E-state index in [9.17, 15) is 4.79 Å². The Hall–Kier alpha value is -0.240. The Morgan fingerprint density at radius 2 is 2.36 bits per heavy atom. The highest BCUT2D eigenvalue weighted by Crippen LogP contribution is 2.17. The molecule has 64 valence electrons. The molecule has 1 atom stereocenters. The monoisotopic (exact) mass is 175 g/mol. The lowest BCUT2D eigenvalue weighted by atomic mass is 10.2. The number of amides is 1. The normalized spacial score (nSPS) is 25.3. The van der Waals surface area contributed by atoms with Gasteiger partial charge >= 0.3 is 0 Å². The molecule has 0 N–H and O–H groups in total. The molecule has 0 aromatic rings. The van der Waals surface area contributed by atoms with Crippen molar-refractivity contribution in [2.24, 2.45) is 5.92 Å². The molecule has 0 spiro atoms. The molecule has 1 unspecified atom stereocenters. The van der Waals surface area contributed by atoms with E-state index in [2.05, 4.69) is 13.8 Å². The first-order valence-electron chi connectivity index (χ1n) is 4.01. The zero-order chi connectivity index (χ0) is 8.43. The zero-order valence-electron chi connectivity index (χ0n) is 7.01. The maximum Gasteiger partial charge on any atom is 0.224 e. The molecule has 11 heavy (non-hydrogen) atoms. The summed E-state index contributed by atoms with van der Waals surface area (Å²) in [5, 5.41) is 0.0428. The quantitative estimate of drug-likeness (QED) is 0.583. The lowest BCUT2D eigenvalue weighted by Gasteiger charge is -2.17. The van der Waals surface area contributed by atoms with Crippen LogP contribution in [0.15, 0.2) is 0 Å². The summed E-state index contributed by atoms with van der Waals surface area (Å²) in [6.45, 7) is 5.80. The van der Waals surface area contributed by atoms with Gasteiger partial charge in [-0.2, -0.15) is 0 Å². The van der Waals surface area contributed by atoms with Gasteiger partial charge in [0.1, 0.15) is 0 Å². The second-order valence-electron chi connectivity index (χ2n) is 3.49. The van der Waals surface area contributed by atoms with Gasteiger partial charge in [-0.1, -0.05) is 13.8 Å². The van der Waals surface area contributed by atoms with Crippen LogP contribution in [0.2, 0.25) is 0 Å². The molecule has 1 rings (SSSR count). The number of rotatable bonds is 2. The van der Waals surface area contributed by atoms with Gasteiger partial charge in [0.15, 0.2) is 0 Å². The van der Waals surface area contributed by atoms with Crippen LogP contribution in [0.5, 0.6) is 0 Å². The third kappa shape index (κ3) is 2.37. The summed E-state index contributed by atoms with van der Waals surface area (Å²) >= 11 is 5.82. The Morgan fingerprint density at radius 1 is 1.73 bits per heavy atom. The molecule has 0 aliphatic carbocycles. The van der Waals surface area contributed by atoms with Gasteiger partial charge in [-0.05, 0) is 5.92 Å². The van der Waals surface area contributed by atoms with E-state index in [4.69, 9.17) is 11.6 Å². The first kappa shape index (κ1) is 8.85. The average molecular weight is 176 g/mol. The van der Waals surface area contributed by atoms with Gasteiger partial charge in [0.2, 0.25) is 5.91 Å². The number of nitrogens with zero attached hydrogens (tertiary/aromatic N) is 1. The number of carbonyl (C=O) groups is 1. The maximum absolute atomic E-state index is 11.2. The molecule has 0 aromatic carbocycles. The van der Waals surface area contributed by atoms with Crippen LogP contribution < -0.4 is 0 Å². The number of halogens is 1. The molecule has 2 nitrogen and oxygen atoms in total. The summed E-state index contributed by atoms with van der Waals surface area (Å²) in [5.74, 6) is 0.750. The number of likely N-dealkylation sites (tertiary alicyclic amines) is 1. The fraction of sp³-hybridized carbons (Fsp3) is 0.875. The molecule has 0 saturated carbocycles. The van der Waals surface area contributed by atoms with Crippen molar-refractivity contribution in [3.8, 4) is 0 Å². The maximum atomic E-state index is 11.2. The van der Waals surface area contributed by atoms with Crippen molar-refractivity contribution in [1.82, 2.24) is 4.90 Å². The highest BCUT2D eigenvalue weighted by Gasteiger charge is 2.27. The molecule has 1 amide bonds. The standard InChI is InChI=1S/C8H14ClNO/c1-6(2)4-10-5-7(9)3-8(10)11/h6-7H,3-5H2,1-2H3. The number of alkyl halides is 1. The third-order valence-corrected chi connectivity index (χ3v) is 2.05. The van der Waals surface area contributed by atoms with Crippen LogP contribution >= 0.6 is 11.6 Å². The second kappa shape index (κ2) is 3.44. The molecule has 3 heteroatoms. The van der Waals surface area contributed by atoms with Gasteiger partial charge in [0, 0.05) is 19.5 Å². The van der Waals surface area contributed by atoms with E-state index < -0.39 is 0 Å². The fourth-order valence-corrected chi connectivity index (χ4v) is 1.64. The van der Waals surface area contributed by atoms with Crippen LogP contribution in [-0.2, 0) is 4.79 Å². The number of carbonyl (C=O) groups excluding carboxylic acids is 1. The molecule has 1 saturated heterocycles. The third-order valence-electron chi connectivity index (χ3n) is 1.75. The highest BCUT2D eigenvalue weighted by atomic mass is 35.5. The Kier molecular flexibility index (Phi) is 2.77. The SMILES string of the molecule is CC(C)CN1CC(Cl)CC1=O. The molecule has 0 bridgehead atoms. The minimum atomic E-state index is 0.0428. The Labute approximate surface area is 72.5 Å². The van der Waals surface area contributed by atoms with E-state index >= 15 is 0 Å². The predicted octanol–water partition coefficient (Wildman–Crippen LogP) is 1.48. The largest absolute Gasteiger partial charge is 0.341 e. The van der Waals surface area contributed by atoms with Crippen LogP contribution in [0.3, 0.4) is 0 Å². The first-order valence-corrected chi connectivity index (χ1v) is 4.45. The van der Waals surface area contributed by atoms with Crippen molar-refractivity contribution in [2.75, 3.05) is 13.1 Å². The van der Waals surface area contributed by atoms with Gasteiger partial charge in [-0.25, -0.2) is 0 Å². The molecule has 1 heterocycles. The summed E-state index contributed by atoms with van der Waals surface area (Å²) in [4.78, 5) is 13.0. The van der Waals surface area contributed by atoms with Crippen molar-refractivity contribution in [3.05, 3.63) is 0 Å². The van der Waals surface area contributed by atoms with Crippen molar-refractivity contribution in [2.45, 2.75) is 25.6 Å². The minimum absolute atomic E-state index is 0.0428. The van der Waals surface area contributed by atoms with Gasteiger partial charge in [0.25, 0.3) is 0 Å². The molecule has 1 aliphatic rings. The van der Waals surface area contributed by atoms with E-state index in [1.807, 2.05) is 4.90 Å². The summed E-state index contributed by atoms with van der Waals surface area (Å²) in [6.07, 6.45) is 0.522. The van der Waals surface area contributed by atoms with Crippen molar-refractivity contribution in [1.29, 1.82) is 0 Å². The Morgan fingerprint density at radius 3 is 2.73 bits per heavy atom. The summed E-state index contributed by atoms with van der Waals surface area (Å²) in [7, 11) is 0. The summed E-state index contributed by atoms with van der Waals surface area (Å²) in [6, 6.07) is 0. The summed E-state index contributed by atoms with van der Waals surface area (Å²) < 4.78 is 0. The van der Waals surface area contributed by atoms with E-state index in [1.54, 1.807) is 0 Å². The van der Waals surface area contributed by atoms with Gasteiger partial charge in [0.05, 0.1) is 5.38 Å². The minimum Gasteiger partial charge on any atom is -0.341 e. The zero-order valence-corrected chi connectivity index (χ0v) is 7.77. The van der Waals surface area contributed by atoms with Crippen molar-refractivity contribution >= 4 is 17.5 Å². The van der Waals surface area contributed by atoms with Crippen molar-refractivity contribution in [3.63, 3.8) is 0 Å². The topological polar surface area (TPSA) is 20.3 Å². The van der Waals surface area contributed by atoms with Gasteiger partial charge in [-0.3, -0.25) is 4.79 Å². The van der Waals surface area contributed by atoms with E-state index in [0.717, 1.165) is 13.1 Å². The molecule has 1 aliphatic heterocycles. The van der Waals surface area contributed by atoms with Crippen LogP contribution in [0.4, 0.5) is 0 Å². The molecule has 0 radical (unpaired) electrons. The highest BCUT2D eigenvalue weighted by molar-refractivity contribution is 6.22. The van der Waals surface area contributed by atoms with Crippen LogP contribution in [0.25, 0.3) is 0 Å². The fourth-order valence-electron chi connectivity index (χ4n) is 1.34. The first-order chi connectivity index (χ1) is 5.09. The lowest BCUT2D eigenvalue weighted by Crippen LogP contribution is -2.29. The molecule has 1 fully saturated rings. The molecular weight excluding hydrogens is 162 g/mol. The number of hydrogen-bond donors (Lipinski definition) is 0. The van der Waals surface area contributed by atoms with E-state index in [-0.39, 0.29) is 11.3 Å². The van der Waals surface area contributed by atoms with E-state index in [1.165, 1.54) is 0 Å². The number of hydrogen-bond acceptors (Lipinski definition) is 1. The second-order valence-corrected chi connectivity index (χ2v) is 4.11. The van der Waals surface area contributed by atoms with E-state index in [0.29, 0.717) is 12.3 Å². The predicted molar refractivity (Wildman–Crippen MR) is 45.7 cm³/mol. The van der Waals surface area contributed by atoms with Crippen LogP contribution in [0, 0.1) is 5.92 Å². The smallest absolute Gasteiger partial charge is 0.224 e. The Balaban J connectivity index is 2.41. The Bertz CT molecular complexity index is 158. The molecular formula is C8H14ClNO. The average Bonchev–Trinajstić information content (AvgIpc) is 2.09. The van der Waals surface area contributed by atoms with Gasteiger partial charge in [-0.15, -0.1) is 11.6 Å².